The van der Waals surface area contributed by atoms with E-state index >= 15 is 0 Å². The van der Waals surface area contributed by atoms with Crippen molar-refractivity contribution in [2.75, 3.05) is 0 Å². The summed E-state index contributed by atoms with van der Waals surface area (Å²) in [6, 6.07) is 0. The zero-order valence-corrected chi connectivity index (χ0v) is 3.94. The number of halogens is 3. The third kappa shape index (κ3) is 6.75. The van der Waals surface area contributed by atoms with Gasteiger partial charge in [0.2, 0.25) is 0 Å². The number of hydrogen-bond acceptors (Lipinski definition) is 2. The van der Waals surface area contributed by atoms with Crippen LogP contribution in [0.3, 0.4) is 0 Å². The molecule has 0 aliphatic carbocycles. The molecular weight excluding hydrogens is 139 g/mol. The number of carboxylic acid groups (broad SMARTS) is 1. The molecule has 0 spiro atoms. The van der Waals surface area contributed by atoms with Crippen LogP contribution in [0.4, 0.5) is 13.2 Å². The second-order valence-electron chi connectivity index (χ2n) is 0.803. The number of aliphatic carboxylic acids is 1. The summed E-state index contributed by atoms with van der Waals surface area (Å²) in [5.74, 6) is -2.76. The maximum absolute atomic E-state index is 10.6. The molecule has 1 N–H and O–H groups in total. The first kappa shape index (κ1) is 10.7. The van der Waals surface area contributed by atoms with Crippen molar-refractivity contribution in [3.8, 4) is 0 Å². The highest BCUT2D eigenvalue weighted by atomic mass is 19.4. The molecule has 0 saturated heterocycles. The molecule has 6 heteroatoms. The normalized spacial score (nSPS) is 9.00. The van der Waals surface area contributed by atoms with E-state index < -0.39 is 12.1 Å². The minimum Gasteiger partial charge on any atom is -0.512 e. The van der Waals surface area contributed by atoms with E-state index in [0.29, 0.717) is 0 Å². The molecule has 0 aromatic rings. The van der Waals surface area contributed by atoms with E-state index in [1.807, 2.05) is 0 Å². The van der Waals surface area contributed by atoms with Crippen LogP contribution < -0.4 is 0 Å². The van der Waals surface area contributed by atoms with E-state index in [1.54, 1.807) is 0 Å². The first-order chi connectivity index (χ1) is 3.94. The number of rotatable bonds is 0. The zero-order valence-electron chi connectivity index (χ0n) is 3.94. The Morgan fingerprint density at radius 1 is 1.44 bits per heavy atom. The summed E-state index contributed by atoms with van der Waals surface area (Å²) in [7, 11) is 0. The first-order valence-corrected chi connectivity index (χ1v) is 1.47. The summed E-state index contributed by atoms with van der Waals surface area (Å²) in [4.78, 5) is 8.90. The fraction of sp³-hybridized carbons (Fsp3) is 0.333. The molecule has 9 heavy (non-hydrogen) atoms. The molecule has 0 rings (SSSR count). The molecule has 0 aromatic heterocycles. The lowest BCUT2D eigenvalue weighted by Crippen LogP contribution is -2.21. The molecule has 0 radical (unpaired) electrons. The smallest absolute Gasteiger partial charge is 0.490 e. The fourth-order valence-corrected chi connectivity index (χ4v) is 0. The molecule has 52 valence electrons. The van der Waals surface area contributed by atoms with E-state index in [-0.39, 0.29) is 0 Å². The highest BCUT2D eigenvalue weighted by Gasteiger charge is 2.38. The Hall–Kier alpha value is -1.25. The van der Waals surface area contributed by atoms with E-state index in [2.05, 4.69) is 0 Å². The lowest BCUT2D eigenvalue weighted by Gasteiger charge is -1.93. The van der Waals surface area contributed by atoms with E-state index in [1.165, 1.54) is 0 Å². The van der Waals surface area contributed by atoms with Gasteiger partial charge in [-0.05, 0) is 0 Å². The minimum absolute atomic E-state index is 2.76. The maximum atomic E-state index is 10.6. The SMILES string of the molecule is O=C(O)C(F)(F)F.[C-]#N. The molecule has 0 aliphatic heterocycles. The molecule has 0 atom stereocenters. The summed E-state index contributed by atoms with van der Waals surface area (Å²) >= 11 is 0. The molecular formula is C3HF3NO2-. The predicted molar refractivity (Wildman–Crippen MR) is 18.7 cm³/mol. The topological polar surface area (TPSA) is 61.1 Å². The first-order valence-electron chi connectivity index (χ1n) is 1.47. The van der Waals surface area contributed by atoms with Crippen LogP contribution >= 0.6 is 0 Å². The highest BCUT2D eigenvalue weighted by molar-refractivity contribution is 5.73. The van der Waals surface area contributed by atoms with Crippen molar-refractivity contribution in [1.82, 2.24) is 0 Å². The number of carbonyl (C=O) groups is 1. The van der Waals surface area contributed by atoms with Crippen LogP contribution in [0.5, 0.6) is 0 Å². The van der Waals surface area contributed by atoms with Crippen LogP contribution in [0.2, 0.25) is 0 Å². The Balaban J connectivity index is 0. The lowest BCUT2D eigenvalue weighted by atomic mass is 10.7. The van der Waals surface area contributed by atoms with E-state index in [0.717, 1.165) is 0 Å². The van der Waals surface area contributed by atoms with E-state index in [4.69, 9.17) is 21.7 Å². The van der Waals surface area contributed by atoms with Crippen molar-refractivity contribution < 1.29 is 23.1 Å². The third-order valence-corrected chi connectivity index (χ3v) is 0.243. The van der Waals surface area contributed by atoms with Crippen LogP contribution in [0.25, 0.3) is 0 Å². The van der Waals surface area contributed by atoms with Gasteiger partial charge in [0.25, 0.3) is 0 Å². The quantitative estimate of drug-likeness (QED) is 0.504. The summed E-state index contributed by atoms with van der Waals surface area (Å²) in [5.41, 5.74) is 0. The van der Waals surface area contributed by atoms with Gasteiger partial charge >= 0.3 is 12.1 Å². The molecule has 0 heterocycles. The van der Waals surface area contributed by atoms with Crippen molar-refractivity contribution in [3.63, 3.8) is 0 Å². The Labute approximate surface area is 48.3 Å². The molecule has 0 bridgehead atoms. The van der Waals surface area contributed by atoms with Crippen molar-refractivity contribution in [3.05, 3.63) is 6.57 Å². The fourth-order valence-electron chi connectivity index (χ4n) is 0. The number of alkyl halides is 3. The van der Waals surface area contributed by atoms with Crippen molar-refractivity contribution >= 4 is 5.97 Å². The van der Waals surface area contributed by atoms with E-state index in [9.17, 15) is 13.2 Å². The molecule has 0 amide bonds. The van der Waals surface area contributed by atoms with Gasteiger partial charge in [-0.1, -0.05) is 0 Å². The standard InChI is InChI=1S/C2HF3O2.CN/c3-2(4,5)1(6)7;1-2/h(H,6,7);/q;-1. The molecule has 0 saturated carbocycles. The molecule has 0 aliphatic rings. The van der Waals surface area contributed by atoms with Gasteiger partial charge < -0.3 is 16.9 Å². The summed E-state index contributed by atoms with van der Waals surface area (Å²) in [5, 5.41) is 13.4. The van der Waals surface area contributed by atoms with Gasteiger partial charge in [0.05, 0.1) is 0 Å². The zero-order chi connectivity index (χ0) is 8.08. The largest absolute Gasteiger partial charge is 0.512 e. The number of hydrogen-bond donors (Lipinski definition) is 1. The van der Waals surface area contributed by atoms with Gasteiger partial charge in [0.15, 0.2) is 0 Å². The average molecular weight is 140 g/mol. The van der Waals surface area contributed by atoms with Crippen LogP contribution in [-0.2, 0) is 4.79 Å². The summed E-state index contributed by atoms with van der Waals surface area (Å²) in [6.07, 6.45) is -5.08. The Morgan fingerprint density at radius 2 is 1.56 bits per heavy atom. The van der Waals surface area contributed by atoms with Gasteiger partial charge in [-0.3, -0.25) is 0 Å². The monoisotopic (exact) mass is 140 g/mol. The lowest BCUT2D eigenvalue weighted by molar-refractivity contribution is -0.192. The minimum atomic E-state index is -5.08. The Morgan fingerprint density at radius 3 is 1.56 bits per heavy atom. The van der Waals surface area contributed by atoms with Gasteiger partial charge in [-0.25, -0.2) is 4.79 Å². The predicted octanol–water partition coefficient (Wildman–Crippen LogP) is 0.730. The van der Waals surface area contributed by atoms with Gasteiger partial charge in [-0.15, -0.1) is 0 Å². The van der Waals surface area contributed by atoms with Gasteiger partial charge in [-0.2, -0.15) is 13.2 Å². The molecule has 0 aromatic carbocycles. The summed E-state index contributed by atoms with van der Waals surface area (Å²) < 4.78 is 31.7. The molecule has 0 fully saturated rings. The number of nitrogens with zero attached hydrogens (tertiary/aromatic N) is 1. The second kappa shape index (κ2) is 3.72. The number of carboxylic acids is 1. The van der Waals surface area contributed by atoms with Gasteiger partial charge in [0.1, 0.15) is 0 Å². The van der Waals surface area contributed by atoms with Crippen molar-refractivity contribution in [2.45, 2.75) is 6.18 Å². The second-order valence-corrected chi connectivity index (χ2v) is 0.803. The third-order valence-electron chi connectivity index (χ3n) is 0.243. The van der Waals surface area contributed by atoms with Crippen molar-refractivity contribution in [1.29, 1.82) is 5.26 Å². The van der Waals surface area contributed by atoms with Crippen LogP contribution in [0.1, 0.15) is 0 Å². The molecule has 0 unspecified atom stereocenters. The Kier molecular flexibility index (Phi) is 4.41. The highest BCUT2D eigenvalue weighted by Crippen LogP contribution is 2.13. The van der Waals surface area contributed by atoms with Crippen LogP contribution in [-0.4, -0.2) is 17.3 Å². The Bertz CT molecular complexity index is 116. The summed E-state index contributed by atoms with van der Waals surface area (Å²) in [6.45, 7) is 4.75. The maximum Gasteiger partial charge on any atom is 0.490 e. The van der Waals surface area contributed by atoms with Crippen molar-refractivity contribution in [2.24, 2.45) is 0 Å². The van der Waals surface area contributed by atoms with Crippen LogP contribution in [0.15, 0.2) is 0 Å². The molecule has 3 nitrogen and oxygen atoms in total. The van der Waals surface area contributed by atoms with Crippen LogP contribution in [0, 0.1) is 11.8 Å². The average Bonchev–Trinajstić information content (AvgIpc) is 1.69. The van der Waals surface area contributed by atoms with Gasteiger partial charge in [0, 0.05) is 0 Å².